The fourth-order valence-electron chi connectivity index (χ4n) is 3.41. The molecule has 2 aliphatic rings. The van der Waals surface area contributed by atoms with Gasteiger partial charge in [0, 0.05) is 6.42 Å². The van der Waals surface area contributed by atoms with Crippen LogP contribution >= 0.6 is 0 Å². The van der Waals surface area contributed by atoms with Crippen LogP contribution in [-0.4, -0.2) is 0 Å². The van der Waals surface area contributed by atoms with E-state index >= 15 is 0 Å². The van der Waals surface area contributed by atoms with E-state index in [4.69, 9.17) is 5.26 Å². The average molecular weight is 177 g/mol. The highest BCUT2D eigenvalue weighted by atomic mass is 14.4. The zero-order valence-corrected chi connectivity index (χ0v) is 8.50. The lowest BCUT2D eigenvalue weighted by molar-refractivity contribution is 0.220. The second-order valence-corrected chi connectivity index (χ2v) is 5.14. The van der Waals surface area contributed by atoms with E-state index in [-0.39, 0.29) is 0 Å². The van der Waals surface area contributed by atoms with Gasteiger partial charge in [-0.15, -0.1) is 0 Å². The number of nitrogens with zero attached hydrogens (tertiary/aromatic N) is 1. The molecule has 0 spiro atoms. The van der Waals surface area contributed by atoms with Crippen LogP contribution in [0.2, 0.25) is 0 Å². The van der Waals surface area contributed by atoms with Crippen molar-refractivity contribution in [3.05, 3.63) is 0 Å². The zero-order chi connectivity index (χ0) is 9.26. The Labute approximate surface area is 81.1 Å². The zero-order valence-electron chi connectivity index (χ0n) is 8.50. The second kappa shape index (κ2) is 3.70. The van der Waals surface area contributed by atoms with Crippen LogP contribution in [0.4, 0.5) is 0 Å². The predicted molar refractivity (Wildman–Crippen MR) is 52.9 cm³/mol. The molecular formula is C12H19N. The fraction of sp³-hybridized carbons (Fsp3) is 0.917. The van der Waals surface area contributed by atoms with Crippen LogP contribution in [0.15, 0.2) is 0 Å². The molecule has 0 amide bonds. The minimum Gasteiger partial charge on any atom is -0.198 e. The lowest BCUT2D eigenvalue weighted by Gasteiger charge is -2.29. The lowest BCUT2D eigenvalue weighted by Crippen LogP contribution is -2.18. The molecule has 1 heteroatoms. The molecule has 4 unspecified atom stereocenters. The van der Waals surface area contributed by atoms with Crippen LogP contribution in [0.3, 0.4) is 0 Å². The summed E-state index contributed by atoms with van der Waals surface area (Å²) in [6.07, 6.45) is 7.82. The molecule has 0 aromatic rings. The summed E-state index contributed by atoms with van der Waals surface area (Å²) in [5, 5.41) is 8.66. The first-order valence-electron chi connectivity index (χ1n) is 5.66. The Balaban J connectivity index is 1.91. The summed E-state index contributed by atoms with van der Waals surface area (Å²) < 4.78 is 0. The number of rotatable bonds is 1. The van der Waals surface area contributed by atoms with Gasteiger partial charge in [0.05, 0.1) is 6.07 Å². The number of hydrogen-bond acceptors (Lipinski definition) is 1. The maximum atomic E-state index is 8.66. The van der Waals surface area contributed by atoms with Gasteiger partial charge < -0.3 is 0 Å². The Hall–Kier alpha value is -0.510. The summed E-state index contributed by atoms with van der Waals surface area (Å²) in [5.74, 6) is 3.64. The molecule has 2 saturated carbocycles. The number of fused-ring (bicyclic) bond motifs is 1. The monoisotopic (exact) mass is 177 g/mol. The Kier molecular flexibility index (Phi) is 2.58. The van der Waals surface area contributed by atoms with Gasteiger partial charge in [0.15, 0.2) is 0 Å². The van der Waals surface area contributed by atoms with Gasteiger partial charge in [-0.2, -0.15) is 5.26 Å². The highest BCUT2D eigenvalue weighted by molar-refractivity contribution is 4.91. The van der Waals surface area contributed by atoms with Crippen molar-refractivity contribution >= 4 is 0 Å². The van der Waals surface area contributed by atoms with Crippen molar-refractivity contribution in [2.75, 3.05) is 0 Å². The van der Waals surface area contributed by atoms with Gasteiger partial charge in [0.1, 0.15) is 0 Å². The van der Waals surface area contributed by atoms with Gasteiger partial charge in [-0.3, -0.25) is 0 Å². The Morgan fingerprint density at radius 1 is 1.15 bits per heavy atom. The van der Waals surface area contributed by atoms with E-state index in [1.165, 1.54) is 32.1 Å². The van der Waals surface area contributed by atoms with E-state index in [0.717, 1.165) is 30.1 Å². The highest BCUT2D eigenvalue weighted by Crippen LogP contribution is 2.47. The fourth-order valence-corrected chi connectivity index (χ4v) is 3.41. The summed E-state index contributed by atoms with van der Waals surface area (Å²) in [6, 6.07) is 2.33. The lowest BCUT2D eigenvalue weighted by atomic mass is 9.77. The van der Waals surface area contributed by atoms with Crippen LogP contribution in [0.25, 0.3) is 0 Å². The largest absolute Gasteiger partial charge is 0.198 e. The van der Waals surface area contributed by atoms with Crippen molar-refractivity contribution in [1.29, 1.82) is 5.26 Å². The molecular weight excluding hydrogens is 158 g/mol. The molecule has 4 atom stereocenters. The highest BCUT2D eigenvalue weighted by Gasteiger charge is 2.37. The molecule has 2 aliphatic carbocycles. The first-order valence-corrected chi connectivity index (χ1v) is 5.66. The van der Waals surface area contributed by atoms with Crippen LogP contribution < -0.4 is 0 Å². The van der Waals surface area contributed by atoms with Gasteiger partial charge in [0.25, 0.3) is 0 Å². The molecule has 2 fully saturated rings. The molecule has 0 heterocycles. The third kappa shape index (κ3) is 1.88. The number of nitriles is 1. The van der Waals surface area contributed by atoms with Gasteiger partial charge >= 0.3 is 0 Å². The Bertz CT molecular complexity index is 216. The third-order valence-electron chi connectivity index (χ3n) is 4.05. The SMILES string of the molecule is CC1CCC2CC(CC#N)CC2C1. The Morgan fingerprint density at radius 3 is 2.69 bits per heavy atom. The topological polar surface area (TPSA) is 23.8 Å². The van der Waals surface area contributed by atoms with Gasteiger partial charge in [-0.05, 0) is 49.4 Å². The quantitative estimate of drug-likeness (QED) is 0.602. The average Bonchev–Trinajstić information content (AvgIpc) is 2.46. The molecule has 0 aromatic heterocycles. The Morgan fingerprint density at radius 2 is 1.92 bits per heavy atom. The van der Waals surface area contributed by atoms with Crippen molar-refractivity contribution in [1.82, 2.24) is 0 Å². The van der Waals surface area contributed by atoms with Crippen molar-refractivity contribution in [2.45, 2.75) is 45.4 Å². The molecule has 0 aromatic carbocycles. The van der Waals surface area contributed by atoms with Crippen molar-refractivity contribution in [3.8, 4) is 6.07 Å². The van der Waals surface area contributed by atoms with Crippen molar-refractivity contribution in [3.63, 3.8) is 0 Å². The van der Waals surface area contributed by atoms with E-state index < -0.39 is 0 Å². The molecule has 0 radical (unpaired) electrons. The summed E-state index contributed by atoms with van der Waals surface area (Å²) in [4.78, 5) is 0. The van der Waals surface area contributed by atoms with Crippen LogP contribution in [0.5, 0.6) is 0 Å². The van der Waals surface area contributed by atoms with E-state index in [9.17, 15) is 0 Å². The maximum Gasteiger partial charge on any atom is 0.0624 e. The van der Waals surface area contributed by atoms with E-state index in [1.54, 1.807) is 0 Å². The summed E-state index contributed by atoms with van der Waals surface area (Å²) in [5.41, 5.74) is 0. The normalized spacial score (nSPS) is 44.0. The standard InChI is InChI=1S/C12H19N/c1-9-2-3-11-7-10(4-5-13)8-12(11)6-9/h9-12H,2-4,6-8H2,1H3. The third-order valence-corrected chi connectivity index (χ3v) is 4.05. The van der Waals surface area contributed by atoms with Gasteiger partial charge in [-0.25, -0.2) is 0 Å². The first kappa shape index (κ1) is 9.06. The van der Waals surface area contributed by atoms with Crippen LogP contribution in [0.1, 0.15) is 45.4 Å². The van der Waals surface area contributed by atoms with E-state index in [0.29, 0.717) is 0 Å². The molecule has 1 nitrogen and oxygen atoms in total. The molecule has 13 heavy (non-hydrogen) atoms. The molecule has 0 saturated heterocycles. The summed E-state index contributed by atoms with van der Waals surface area (Å²) in [7, 11) is 0. The minimum absolute atomic E-state index is 0.741. The van der Waals surface area contributed by atoms with Crippen molar-refractivity contribution in [2.24, 2.45) is 23.7 Å². The predicted octanol–water partition coefficient (Wildman–Crippen LogP) is 3.36. The molecule has 0 aliphatic heterocycles. The first-order chi connectivity index (χ1) is 6.29. The van der Waals surface area contributed by atoms with Crippen LogP contribution in [0, 0.1) is 35.0 Å². The van der Waals surface area contributed by atoms with Gasteiger partial charge in [-0.1, -0.05) is 13.3 Å². The van der Waals surface area contributed by atoms with E-state index in [2.05, 4.69) is 13.0 Å². The smallest absolute Gasteiger partial charge is 0.0624 e. The second-order valence-electron chi connectivity index (χ2n) is 5.14. The maximum absolute atomic E-state index is 8.66. The van der Waals surface area contributed by atoms with E-state index in [1.807, 2.05) is 0 Å². The van der Waals surface area contributed by atoms with Crippen molar-refractivity contribution < 1.29 is 0 Å². The van der Waals surface area contributed by atoms with Gasteiger partial charge in [0.2, 0.25) is 0 Å². The molecule has 0 bridgehead atoms. The summed E-state index contributed by atoms with van der Waals surface area (Å²) in [6.45, 7) is 2.38. The van der Waals surface area contributed by atoms with Crippen LogP contribution in [-0.2, 0) is 0 Å². The number of hydrogen-bond donors (Lipinski definition) is 0. The molecule has 2 rings (SSSR count). The summed E-state index contributed by atoms with van der Waals surface area (Å²) >= 11 is 0. The minimum atomic E-state index is 0.741. The molecule has 72 valence electrons. The molecule has 0 N–H and O–H groups in total.